The molecule has 9 heteroatoms. The van der Waals surface area contributed by atoms with Gasteiger partial charge in [-0.05, 0) is 25.1 Å². The molecule has 2 aromatic heterocycles. The summed E-state index contributed by atoms with van der Waals surface area (Å²) in [4.78, 5) is 21.6. The van der Waals surface area contributed by atoms with Crippen LogP contribution in [0.25, 0.3) is 0 Å². The summed E-state index contributed by atoms with van der Waals surface area (Å²) in [6.45, 7) is 4.56. The average molecular weight is 393 g/mol. The van der Waals surface area contributed by atoms with Crippen LogP contribution in [-0.2, 0) is 11.0 Å². The number of H-pyrrole nitrogens is 2. The fraction of sp³-hybridized carbons (Fsp3) is 0.316. The molecule has 0 saturated carbocycles. The third-order valence-corrected chi connectivity index (χ3v) is 4.47. The van der Waals surface area contributed by atoms with Gasteiger partial charge < -0.3 is 5.32 Å². The van der Waals surface area contributed by atoms with Gasteiger partial charge in [-0.2, -0.15) is 13.2 Å². The Balaban J connectivity index is 1.57. The van der Waals surface area contributed by atoms with E-state index in [9.17, 15) is 18.0 Å². The van der Waals surface area contributed by atoms with Crippen LogP contribution in [0.3, 0.4) is 0 Å². The minimum absolute atomic E-state index is 0.190. The highest BCUT2D eigenvalue weighted by Crippen LogP contribution is 2.28. The Kier molecular flexibility index (Phi) is 5.81. The van der Waals surface area contributed by atoms with Crippen LogP contribution in [0.1, 0.15) is 12.5 Å². The molecule has 3 rings (SSSR count). The Bertz CT molecular complexity index is 826. The molecule has 28 heavy (non-hydrogen) atoms. The molecule has 148 valence electrons. The van der Waals surface area contributed by atoms with E-state index in [-0.39, 0.29) is 5.91 Å². The number of hydrogen-bond donors (Lipinski definition) is 1. The number of carbonyl (C=O) groups excluding carboxylic acids is 1. The molecule has 0 spiro atoms. The molecule has 0 atom stereocenters. The van der Waals surface area contributed by atoms with Gasteiger partial charge in [0.1, 0.15) is 38.6 Å². The Morgan fingerprint density at radius 1 is 1.00 bits per heavy atom. The third-order valence-electron chi connectivity index (χ3n) is 4.47. The average Bonchev–Trinajstić information content (AvgIpc) is 2.68. The lowest BCUT2D eigenvalue weighted by Crippen LogP contribution is -2.49. The predicted molar refractivity (Wildman–Crippen MR) is 98.9 cm³/mol. The second-order valence-corrected chi connectivity index (χ2v) is 6.39. The first-order chi connectivity index (χ1) is 13.4. The van der Waals surface area contributed by atoms with Gasteiger partial charge in [-0.25, -0.2) is 9.97 Å². The van der Waals surface area contributed by atoms with E-state index in [0.717, 1.165) is 31.2 Å². The van der Waals surface area contributed by atoms with E-state index in [0.29, 0.717) is 24.6 Å². The summed E-state index contributed by atoms with van der Waals surface area (Å²) in [7, 11) is 0. The number of carbonyl (C=O) groups is 1. The fourth-order valence-corrected chi connectivity index (χ4v) is 3.00. The molecule has 0 bridgehead atoms. The number of amides is 1. The lowest BCUT2D eigenvalue weighted by Gasteiger charge is -2.26. The molecule has 1 saturated heterocycles. The van der Waals surface area contributed by atoms with Crippen molar-refractivity contribution in [1.29, 1.82) is 0 Å². The Morgan fingerprint density at radius 3 is 2.00 bits per heavy atom. The van der Waals surface area contributed by atoms with Gasteiger partial charge in [0, 0.05) is 12.1 Å². The van der Waals surface area contributed by atoms with Crippen LogP contribution in [0.4, 0.5) is 30.5 Å². The smallest absolute Gasteiger partial charge is 0.319 e. The van der Waals surface area contributed by atoms with Crippen molar-refractivity contribution in [3.63, 3.8) is 0 Å². The predicted octanol–water partition coefficient (Wildman–Crippen LogP) is 2.17. The maximum Gasteiger partial charge on any atom is 0.419 e. The van der Waals surface area contributed by atoms with Crippen molar-refractivity contribution in [2.75, 3.05) is 41.3 Å². The molecule has 0 aliphatic carbocycles. The molecule has 1 amide bonds. The highest BCUT2D eigenvalue weighted by molar-refractivity contribution is 5.99. The Morgan fingerprint density at radius 2 is 1.57 bits per heavy atom. The molecule has 1 fully saturated rings. The molecular formula is C19H22F3N5O+2. The van der Waals surface area contributed by atoms with Crippen molar-refractivity contribution in [1.82, 2.24) is 0 Å². The van der Waals surface area contributed by atoms with Crippen molar-refractivity contribution in [2.24, 2.45) is 0 Å². The number of pyridine rings is 2. The van der Waals surface area contributed by atoms with E-state index in [1.165, 1.54) is 12.1 Å². The van der Waals surface area contributed by atoms with Crippen LogP contribution in [0.2, 0.25) is 0 Å². The van der Waals surface area contributed by atoms with Gasteiger partial charge in [-0.1, -0.05) is 6.08 Å². The van der Waals surface area contributed by atoms with Crippen molar-refractivity contribution in [3.8, 4) is 0 Å². The molecule has 3 N–H and O–H groups in total. The van der Waals surface area contributed by atoms with Gasteiger partial charge in [0.05, 0.1) is 11.3 Å². The zero-order valence-corrected chi connectivity index (χ0v) is 15.4. The van der Waals surface area contributed by atoms with Crippen molar-refractivity contribution in [2.45, 2.75) is 13.1 Å². The van der Waals surface area contributed by atoms with Gasteiger partial charge in [-0.3, -0.25) is 14.6 Å². The summed E-state index contributed by atoms with van der Waals surface area (Å²) in [5.41, 5.74) is -0.0177. The normalized spacial score (nSPS) is 15.1. The van der Waals surface area contributed by atoms with Crippen LogP contribution in [0.5, 0.6) is 0 Å². The van der Waals surface area contributed by atoms with E-state index in [1.54, 1.807) is 19.2 Å². The van der Waals surface area contributed by atoms with Gasteiger partial charge in [0.25, 0.3) is 11.6 Å². The third kappa shape index (κ3) is 4.79. The lowest BCUT2D eigenvalue weighted by atomic mass is 10.2. The zero-order valence-electron chi connectivity index (χ0n) is 15.4. The summed E-state index contributed by atoms with van der Waals surface area (Å²) >= 11 is 0. The van der Waals surface area contributed by atoms with Crippen LogP contribution in [0.15, 0.2) is 48.8 Å². The lowest BCUT2D eigenvalue weighted by molar-refractivity contribution is -0.368. The van der Waals surface area contributed by atoms with E-state index in [4.69, 9.17) is 0 Å². The second kappa shape index (κ2) is 8.28. The first-order valence-electron chi connectivity index (χ1n) is 8.91. The summed E-state index contributed by atoms with van der Waals surface area (Å²) < 4.78 is 38.0. The topological polar surface area (TPSA) is 63.9 Å². The number of rotatable bonds is 4. The quantitative estimate of drug-likeness (QED) is 0.810. The summed E-state index contributed by atoms with van der Waals surface area (Å²) in [5.74, 6) is 1.39. The molecule has 1 aliphatic heterocycles. The van der Waals surface area contributed by atoms with Crippen LogP contribution in [0, 0.1) is 0 Å². The highest BCUT2D eigenvalue weighted by Gasteiger charge is 2.33. The highest BCUT2D eigenvalue weighted by atomic mass is 19.4. The van der Waals surface area contributed by atoms with Gasteiger partial charge >= 0.3 is 6.18 Å². The zero-order chi connectivity index (χ0) is 20.1. The number of nitrogens with zero attached hydrogens (tertiary/aromatic N) is 2. The first kappa shape index (κ1) is 19.7. The monoisotopic (exact) mass is 393 g/mol. The SMILES string of the molecule is C/C=C/C(=O)Nc1ccc(N2CCN(c3ccc(C(F)(F)F)c[nH+]3)CC2)[nH+]c1. The van der Waals surface area contributed by atoms with Crippen LogP contribution in [-0.4, -0.2) is 32.1 Å². The van der Waals surface area contributed by atoms with Crippen LogP contribution < -0.4 is 25.1 Å². The van der Waals surface area contributed by atoms with Crippen molar-refractivity contribution >= 4 is 23.2 Å². The molecular weight excluding hydrogens is 371 g/mol. The number of hydrogen-bond acceptors (Lipinski definition) is 3. The number of anilines is 3. The Labute approximate surface area is 160 Å². The molecule has 0 unspecified atom stereocenters. The molecule has 0 radical (unpaired) electrons. The van der Waals surface area contributed by atoms with E-state index in [2.05, 4.69) is 20.2 Å². The molecule has 2 aromatic rings. The second-order valence-electron chi connectivity index (χ2n) is 6.39. The standard InChI is InChI=1S/C19H20F3N5O/c1-2-3-18(28)25-15-5-7-17(24-13-15)27-10-8-26(9-11-27)16-6-4-14(12-23-16)19(20,21)22/h2-7,12-13H,8-11H2,1H3,(H,25,28)/p+2/b3-2+. The summed E-state index contributed by atoms with van der Waals surface area (Å²) in [6.07, 6.45) is 1.50. The summed E-state index contributed by atoms with van der Waals surface area (Å²) in [5, 5.41) is 2.75. The largest absolute Gasteiger partial charge is 0.419 e. The van der Waals surface area contributed by atoms with E-state index >= 15 is 0 Å². The van der Waals surface area contributed by atoms with E-state index < -0.39 is 11.7 Å². The molecule has 1 aliphatic rings. The number of aromatic amines is 2. The Hall–Kier alpha value is -3.10. The van der Waals surface area contributed by atoms with E-state index in [1.807, 2.05) is 17.0 Å². The number of halogens is 3. The summed E-state index contributed by atoms with van der Waals surface area (Å²) in [6, 6.07) is 6.27. The van der Waals surface area contributed by atoms with Crippen molar-refractivity contribution in [3.05, 3.63) is 54.4 Å². The number of allylic oxidation sites excluding steroid dienone is 1. The van der Waals surface area contributed by atoms with Gasteiger partial charge in [-0.15, -0.1) is 0 Å². The maximum absolute atomic E-state index is 12.7. The van der Waals surface area contributed by atoms with Crippen molar-refractivity contribution < 1.29 is 27.9 Å². The number of nitrogens with one attached hydrogen (secondary N) is 3. The molecule has 6 nitrogen and oxygen atoms in total. The number of aromatic nitrogens is 2. The molecule has 0 aromatic carbocycles. The molecule has 3 heterocycles. The number of alkyl halides is 3. The van der Waals surface area contributed by atoms with Crippen LogP contribution >= 0.6 is 0 Å². The fourth-order valence-electron chi connectivity index (χ4n) is 3.00. The number of piperazine rings is 1. The first-order valence-corrected chi connectivity index (χ1v) is 8.91. The minimum Gasteiger partial charge on any atom is -0.319 e. The minimum atomic E-state index is -4.35. The van der Waals surface area contributed by atoms with Gasteiger partial charge in [0.2, 0.25) is 5.91 Å². The maximum atomic E-state index is 12.7. The van der Waals surface area contributed by atoms with Gasteiger partial charge in [0.15, 0.2) is 0 Å².